The van der Waals surface area contributed by atoms with Crippen LogP contribution in [0.1, 0.15) is 432 Å². The van der Waals surface area contributed by atoms with E-state index in [9.17, 15) is 21.0 Å². The second kappa shape index (κ2) is 63.1. The van der Waals surface area contributed by atoms with E-state index in [1.165, 1.54) is 352 Å². The molecule has 2 aliphatic heterocycles. The van der Waals surface area contributed by atoms with Gasteiger partial charge in [-0.25, -0.2) is 9.97 Å². The molecule has 0 unspecified atom stereocenters. The van der Waals surface area contributed by atoms with Gasteiger partial charge in [-0.1, -0.05) is 422 Å². The van der Waals surface area contributed by atoms with Gasteiger partial charge in [-0.05, 0) is 157 Å². The first-order chi connectivity index (χ1) is 63.3. The van der Waals surface area contributed by atoms with Crippen LogP contribution in [0.2, 0.25) is 0 Å². The number of nitrogens with one attached hydrogen (secondary N) is 2. The third kappa shape index (κ3) is 37.3. The van der Waals surface area contributed by atoms with Crippen LogP contribution in [0, 0.1) is 57.2 Å². The number of nitrogens with zero attached hydrogens (tertiary/aromatic N) is 8. The van der Waals surface area contributed by atoms with Gasteiger partial charge in [-0.2, -0.15) is 21.0 Å². The molecule has 8 bridgehead atoms. The van der Waals surface area contributed by atoms with E-state index in [1.807, 2.05) is 48.6 Å². The van der Waals surface area contributed by atoms with E-state index < -0.39 is 0 Å². The van der Waals surface area contributed by atoms with Crippen LogP contribution in [0.4, 0.5) is 11.4 Å². The lowest BCUT2D eigenvalue weighted by molar-refractivity contribution is 0.529. The van der Waals surface area contributed by atoms with E-state index in [0.717, 1.165) is 123 Å². The zero-order valence-electron chi connectivity index (χ0n) is 80.0. The van der Waals surface area contributed by atoms with Gasteiger partial charge in [-0.15, -0.1) is 0 Å². The lowest BCUT2D eigenvalue weighted by Crippen LogP contribution is -2.25. The summed E-state index contributed by atoms with van der Waals surface area (Å²) in [5.41, 5.74) is 15.9. The van der Waals surface area contributed by atoms with E-state index in [4.69, 9.17) is 9.97 Å². The lowest BCUT2D eigenvalue weighted by Gasteiger charge is -2.26. The Bertz CT molecular complexity index is 4750. The molecule has 0 saturated heterocycles. The number of aromatic amines is 2. The number of hydrogen-bond acceptors (Lipinski definition) is 8. The minimum atomic E-state index is -0.190. The van der Waals surface area contributed by atoms with Crippen molar-refractivity contribution in [1.29, 1.82) is 21.0 Å². The summed E-state index contributed by atoms with van der Waals surface area (Å²) < 4.78 is 0. The number of hydrogen-bond donors (Lipinski definition) is 2. The Kier molecular flexibility index (Phi) is 50.2. The van der Waals surface area contributed by atoms with E-state index in [1.54, 1.807) is 0 Å². The number of allylic oxidation sites excluding steroid dienone is 4. The Morgan fingerprint density at radius 2 is 0.500 bits per heavy atom. The van der Waals surface area contributed by atoms with Gasteiger partial charge in [0, 0.05) is 93.0 Å². The van der Waals surface area contributed by atoms with Crippen LogP contribution in [0.5, 0.6) is 0 Å². The van der Waals surface area contributed by atoms with Crippen LogP contribution in [0.25, 0.3) is 79.8 Å². The molecule has 4 aromatic carbocycles. The highest BCUT2D eigenvalue weighted by Crippen LogP contribution is 2.40. The van der Waals surface area contributed by atoms with Gasteiger partial charge in [0.05, 0.1) is 22.8 Å². The summed E-state index contributed by atoms with van der Waals surface area (Å²) in [4.78, 5) is 23.2. The number of nitriles is 4. The molecule has 5 heterocycles. The highest BCUT2D eigenvalue weighted by atomic mass is 15.1. The van der Waals surface area contributed by atoms with Gasteiger partial charge in [0.2, 0.25) is 0 Å². The van der Waals surface area contributed by atoms with Gasteiger partial charge in [0.25, 0.3) is 0 Å². The summed E-state index contributed by atoms with van der Waals surface area (Å²) in [6, 6.07) is 54.5. The molecule has 3 aromatic heterocycles. The zero-order chi connectivity index (χ0) is 89.7. The second-order valence-corrected chi connectivity index (χ2v) is 37.0. The summed E-state index contributed by atoms with van der Waals surface area (Å²) in [7, 11) is 0. The smallest absolute Gasteiger partial charge is 0.138 e. The van der Waals surface area contributed by atoms with Crippen molar-refractivity contribution in [1.82, 2.24) is 19.9 Å². The molecule has 0 saturated carbocycles. The number of benzene rings is 4. The molecule has 10 nitrogen and oxygen atoms in total. The summed E-state index contributed by atoms with van der Waals surface area (Å²) in [6.45, 7) is 13.3. The number of H-pyrrole nitrogens is 2. The van der Waals surface area contributed by atoms with Crippen molar-refractivity contribution in [3.63, 3.8) is 0 Å². The monoisotopic (exact) mass is 1720 g/mol. The van der Waals surface area contributed by atoms with Gasteiger partial charge >= 0.3 is 0 Å². The molecule has 0 spiro atoms. The Hall–Kier alpha value is -9.92. The molecular formula is C118H160N10. The molecule has 7 aromatic rings. The quantitative estimate of drug-likeness (QED) is 0.0165. The van der Waals surface area contributed by atoms with Gasteiger partial charge in [-0.3, -0.25) is 0 Å². The number of unbranched alkanes of at least 4 members (excludes halogenated alkanes) is 52. The average molecular weight is 1720 g/mol. The Morgan fingerprint density at radius 3 is 0.766 bits per heavy atom. The predicted octanol–water partition coefficient (Wildman–Crippen LogP) is 35.2. The molecule has 9 rings (SSSR count). The van der Waals surface area contributed by atoms with Crippen molar-refractivity contribution in [3.8, 4) is 58.4 Å². The fourth-order valence-electron chi connectivity index (χ4n) is 18.8. The van der Waals surface area contributed by atoms with Crippen LogP contribution >= 0.6 is 0 Å². The molecule has 0 atom stereocenters. The minimum Gasteiger partial charge on any atom is -0.372 e. The first-order valence-electron chi connectivity index (χ1n) is 51.9. The summed E-state index contributed by atoms with van der Waals surface area (Å²) >= 11 is 0. The summed E-state index contributed by atoms with van der Waals surface area (Å²) in [5, 5.41) is 43.1. The van der Waals surface area contributed by atoms with E-state index in [0.29, 0.717) is 11.1 Å². The Morgan fingerprint density at radius 1 is 0.266 bits per heavy atom. The van der Waals surface area contributed by atoms with Crippen LogP contribution in [0.15, 0.2) is 145 Å². The fraction of sp³-hybridized carbons (Fsp3) is 0.542. The van der Waals surface area contributed by atoms with Crippen LogP contribution in [-0.4, -0.2) is 46.1 Å². The molecule has 128 heavy (non-hydrogen) atoms. The molecule has 0 fully saturated rings. The first-order valence-corrected chi connectivity index (χ1v) is 51.9. The SMILES string of the molecule is CCCCCCCCCCCCCCCCN(CCCCCCCCCCCCCCCC)c1ccc(C#Cc2ccc(-c3c4nc(cc5ccc([nH]5)c(-c5ccc(C(=C(C#N)C#N)C(=C(C#N)C#N)c6ccc(N(CCCCCCCCCCCCCCCC)CCCCCCCCCCCCCCCC)cc6)cc5)c5nc(cc6ccc3[nH]6)C=C5)C=C4)cc2)cc1. The standard InChI is InChI=1S/C118H160N10/c1-5-9-13-17-21-25-29-33-37-41-45-49-53-57-87-127(88-58-54-50-46-42-38-34-30-26-22-18-14-10-6-2)109-79-65-98(66-80-109)62-61-97-63-67-101(68-64-97)117-111-83-75-105(123-111)91-107-77-85-113(125-107)118(114-86-78-108(126-114)92-106-76-84-112(117)124-106)102-71-69-99(70-72-102)115(103(93-119)94-120)116(104(95-121)96-122)100-73-81-110(82-74-100)128(89-59-55-51-47-43-39-35-31-27-23-19-15-11-7-3)90-60-56-52-48-44-40-36-32-28-24-20-16-12-8-4/h63-86,91-92,123,126H,5-60,87-90H2,1-4H3. The van der Waals surface area contributed by atoms with Crippen molar-refractivity contribution >= 4 is 68.9 Å². The maximum Gasteiger partial charge on any atom is 0.138 e. The number of fused-ring (bicyclic) bond motifs is 8. The molecule has 2 N–H and O–H groups in total. The molecule has 682 valence electrons. The van der Waals surface area contributed by atoms with Crippen molar-refractivity contribution in [2.24, 2.45) is 0 Å². The first kappa shape index (κ1) is 102. The fourth-order valence-corrected chi connectivity index (χ4v) is 18.8. The van der Waals surface area contributed by atoms with E-state index in [2.05, 4.69) is 193 Å². The Balaban J connectivity index is 0.877. The lowest BCUT2D eigenvalue weighted by atomic mass is 9.85. The summed E-state index contributed by atoms with van der Waals surface area (Å²) in [5.74, 6) is 7.01. The molecule has 2 aliphatic rings. The summed E-state index contributed by atoms with van der Waals surface area (Å²) in [6.07, 6.45) is 83.7. The second-order valence-electron chi connectivity index (χ2n) is 37.0. The van der Waals surface area contributed by atoms with Crippen molar-refractivity contribution < 1.29 is 0 Å². The number of anilines is 2. The Labute approximate surface area is 776 Å². The van der Waals surface area contributed by atoms with Crippen molar-refractivity contribution in [3.05, 3.63) is 190 Å². The molecule has 10 heteroatoms. The van der Waals surface area contributed by atoms with Crippen molar-refractivity contribution in [2.75, 3.05) is 36.0 Å². The zero-order valence-corrected chi connectivity index (χ0v) is 80.0. The predicted molar refractivity (Wildman–Crippen MR) is 551 cm³/mol. The van der Waals surface area contributed by atoms with Crippen LogP contribution in [-0.2, 0) is 0 Å². The van der Waals surface area contributed by atoms with Crippen LogP contribution < -0.4 is 9.80 Å². The largest absolute Gasteiger partial charge is 0.372 e. The maximum atomic E-state index is 10.8. The highest BCUT2D eigenvalue weighted by molar-refractivity contribution is 6.11. The van der Waals surface area contributed by atoms with Crippen LogP contribution in [0.3, 0.4) is 0 Å². The van der Waals surface area contributed by atoms with E-state index >= 15 is 0 Å². The van der Waals surface area contributed by atoms with E-state index in [-0.39, 0.29) is 22.3 Å². The number of aromatic nitrogens is 4. The molecule has 0 radical (unpaired) electrons. The average Bonchev–Trinajstić information content (AvgIpc) is 1.51. The number of rotatable bonds is 67. The van der Waals surface area contributed by atoms with Gasteiger partial charge in [0.15, 0.2) is 0 Å². The third-order valence-corrected chi connectivity index (χ3v) is 26.5. The minimum absolute atomic E-state index is 0.175. The maximum absolute atomic E-state index is 10.8. The topological polar surface area (TPSA) is 159 Å². The molecule has 0 aliphatic carbocycles. The molecule has 0 amide bonds. The van der Waals surface area contributed by atoms with Gasteiger partial charge in [0.1, 0.15) is 35.4 Å². The normalized spacial score (nSPS) is 11.4. The van der Waals surface area contributed by atoms with Gasteiger partial charge < -0.3 is 19.8 Å². The molecular weight excluding hydrogens is 1560 g/mol. The van der Waals surface area contributed by atoms with Crippen molar-refractivity contribution in [2.45, 2.75) is 387 Å². The highest BCUT2D eigenvalue weighted by Gasteiger charge is 2.24. The third-order valence-electron chi connectivity index (χ3n) is 26.5.